The summed E-state index contributed by atoms with van der Waals surface area (Å²) in [7, 11) is 0. The molecule has 0 fully saturated rings. The lowest BCUT2D eigenvalue weighted by Gasteiger charge is -1.95. The second-order valence-electron chi connectivity index (χ2n) is 2.47. The largest absolute Gasteiger partial charge is 0.369 e. The van der Waals surface area contributed by atoms with Gasteiger partial charge in [-0.3, -0.25) is 0 Å². The molecule has 4 N–H and O–H groups in total. The van der Waals surface area contributed by atoms with E-state index in [2.05, 4.69) is 32.8 Å². The van der Waals surface area contributed by atoms with Gasteiger partial charge in [-0.05, 0) is 46.4 Å². The maximum atomic E-state index is 5.84. The zero-order chi connectivity index (χ0) is 10.6. The van der Waals surface area contributed by atoms with Crippen molar-refractivity contribution >= 4 is 46.4 Å². The highest BCUT2D eigenvalue weighted by Crippen LogP contribution is 2.15. The Bertz CT molecular complexity index is 365. The summed E-state index contributed by atoms with van der Waals surface area (Å²) in [5, 5.41) is 7.81. The van der Waals surface area contributed by atoms with Crippen LogP contribution in [-0.4, -0.2) is 12.2 Å². The lowest BCUT2D eigenvalue weighted by atomic mass is 10.2. The van der Waals surface area contributed by atoms with Gasteiger partial charge in [0.25, 0.3) is 0 Å². The van der Waals surface area contributed by atoms with Gasteiger partial charge in [-0.25, -0.2) is 0 Å². The second-order valence-corrected chi connectivity index (χ2v) is 4.15. The van der Waals surface area contributed by atoms with E-state index in [1.807, 2.05) is 12.1 Å². The Hall–Kier alpha value is -0.820. The van der Waals surface area contributed by atoms with Crippen LogP contribution in [0.2, 0.25) is 5.02 Å². The van der Waals surface area contributed by atoms with Crippen molar-refractivity contribution in [2.75, 3.05) is 0 Å². The first-order valence-corrected chi connectivity index (χ1v) is 5.11. The lowest BCUT2D eigenvalue weighted by molar-refractivity contribution is 1.21. The molecular weight excluding hydrogens is 314 g/mol. The highest BCUT2D eigenvalue weighted by atomic mass is 127. The molecule has 0 saturated carbocycles. The van der Waals surface area contributed by atoms with Gasteiger partial charge in [-0.1, -0.05) is 11.6 Å². The Balaban J connectivity index is 2.87. The zero-order valence-electron chi connectivity index (χ0n) is 7.11. The van der Waals surface area contributed by atoms with E-state index in [1.54, 1.807) is 6.07 Å². The molecule has 0 saturated heterocycles. The van der Waals surface area contributed by atoms with E-state index in [0.717, 1.165) is 9.13 Å². The smallest absolute Gasteiger partial charge is 0.211 e. The van der Waals surface area contributed by atoms with Gasteiger partial charge in [0, 0.05) is 8.59 Å². The Labute approximate surface area is 100 Å². The van der Waals surface area contributed by atoms with Crippen LogP contribution in [-0.2, 0) is 0 Å². The molecule has 14 heavy (non-hydrogen) atoms. The lowest BCUT2D eigenvalue weighted by Crippen LogP contribution is -2.21. The number of guanidine groups is 1. The second kappa shape index (κ2) is 5.16. The molecule has 1 aromatic carbocycles. The van der Waals surface area contributed by atoms with Crippen molar-refractivity contribution in [2.24, 2.45) is 21.7 Å². The van der Waals surface area contributed by atoms with Crippen molar-refractivity contribution in [1.29, 1.82) is 0 Å². The molecule has 0 heterocycles. The molecule has 74 valence electrons. The van der Waals surface area contributed by atoms with Crippen LogP contribution in [0.1, 0.15) is 5.56 Å². The van der Waals surface area contributed by atoms with Crippen LogP contribution in [0.5, 0.6) is 0 Å². The van der Waals surface area contributed by atoms with Crippen LogP contribution in [0.25, 0.3) is 0 Å². The summed E-state index contributed by atoms with van der Waals surface area (Å²) in [6.07, 6.45) is 1.54. The third-order valence-corrected chi connectivity index (χ3v) is 2.11. The normalized spacial score (nSPS) is 10.4. The number of hydrogen-bond donors (Lipinski definition) is 2. The van der Waals surface area contributed by atoms with E-state index in [-0.39, 0.29) is 5.96 Å². The highest BCUT2D eigenvalue weighted by Gasteiger charge is 1.94. The molecule has 0 unspecified atom stereocenters. The van der Waals surface area contributed by atoms with Crippen molar-refractivity contribution in [3.05, 3.63) is 32.4 Å². The highest BCUT2D eigenvalue weighted by molar-refractivity contribution is 14.1. The van der Waals surface area contributed by atoms with E-state index in [9.17, 15) is 0 Å². The van der Waals surface area contributed by atoms with Gasteiger partial charge >= 0.3 is 0 Å². The molecular formula is C8H8ClIN4. The molecule has 0 aliphatic carbocycles. The molecule has 0 spiro atoms. The summed E-state index contributed by atoms with van der Waals surface area (Å²) in [6.45, 7) is 0. The van der Waals surface area contributed by atoms with Gasteiger partial charge in [0.2, 0.25) is 5.96 Å². The van der Waals surface area contributed by atoms with Crippen LogP contribution in [0.3, 0.4) is 0 Å². The van der Waals surface area contributed by atoms with Crippen LogP contribution < -0.4 is 11.5 Å². The van der Waals surface area contributed by atoms with Crippen LogP contribution >= 0.6 is 34.2 Å². The number of nitrogens with zero attached hydrogens (tertiary/aromatic N) is 2. The topological polar surface area (TPSA) is 76.8 Å². The molecule has 0 aliphatic heterocycles. The average molecular weight is 323 g/mol. The van der Waals surface area contributed by atoms with Crippen LogP contribution in [0.4, 0.5) is 0 Å². The predicted octanol–water partition coefficient (Wildman–Crippen LogP) is 1.55. The molecule has 4 nitrogen and oxygen atoms in total. The number of hydrogen-bond acceptors (Lipinski definition) is 2. The van der Waals surface area contributed by atoms with Crippen molar-refractivity contribution in [2.45, 2.75) is 0 Å². The monoisotopic (exact) mass is 322 g/mol. The number of rotatable bonds is 2. The first-order valence-electron chi connectivity index (χ1n) is 3.66. The maximum Gasteiger partial charge on any atom is 0.211 e. The van der Waals surface area contributed by atoms with Gasteiger partial charge < -0.3 is 11.5 Å². The van der Waals surface area contributed by atoms with Crippen molar-refractivity contribution in [3.8, 4) is 0 Å². The van der Waals surface area contributed by atoms with E-state index in [4.69, 9.17) is 23.1 Å². The summed E-state index contributed by atoms with van der Waals surface area (Å²) in [4.78, 5) is 0. The Morgan fingerprint density at radius 1 is 1.36 bits per heavy atom. The van der Waals surface area contributed by atoms with Gasteiger partial charge in [0.1, 0.15) is 0 Å². The molecule has 1 rings (SSSR count). The molecule has 0 bridgehead atoms. The van der Waals surface area contributed by atoms with Crippen molar-refractivity contribution in [1.82, 2.24) is 0 Å². The number of halogens is 2. The average Bonchev–Trinajstić information content (AvgIpc) is 2.01. The summed E-state index contributed by atoms with van der Waals surface area (Å²) in [5.41, 5.74) is 11.1. The summed E-state index contributed by atoms with van der Waals surface area (Å²) in [6, 6.07) is 5.54. The molecule has 0 aliphatic rings. The van der Waals surface area contributed by atoms with E-state index in [0.29, 0.717) is 5.02 Å². The van der Waals surface area contributed by atoms with Gasteiger partial charge in [0.15, 0.2) is 0 Å². The fraction of sp³-hybridized carbons (Fsp3) is 0. The first kappa shape index (κ1) is 11.3. The molecule has 1 aromatic rings. The summed E-state index contributed by atoms with van der Waals surface area (Å²) < 4.78 is 1.03. The number of benzene rings is 1. The minimum atomic E-state index is -0.0713. The zero-order valence-corrected chi connectivity index (χ0v) is 10.0. The van der Waals surface area contributed by atoms with E-state index < -0.39 is 0 Å². The Kier molecular flexibility index (Phi) is 4.15. The van der Waals surface area contributed by atoms with E-state index in [1.165, 1.54) is 6.21 Å². The van der Waals surface area contributed by atoms with Gasteiger partial charge in [-0.15, -0.1) is 5.10 Å². The number of nitrogens with two attached hydrogens (primary N) is 2. The SMILES string of the molecule is NC(N)=NN=Cc1cc(Cl)cc(I)c1. The standard InChI is InChI=1S/C8H8ClIN4/c9-6-1-5(2-7(10)3-6)4-13-14-8(11)12/h1-4H,(H4,11,12,14). The third-order valence-electron chi connectivity index (χ3n) is 1.26. The fourth-order valence-corrected chi connectivity index (χ4v) is 1.93. The van der Waals surface area contributed by atoms with Crippen LogP contribution in [0, 0.1) is 3.57 Å². The minimum Gasteiger partial charge on any atom is -0.369 e. The maximum absolute atomic E-state index is 5.84. The molecule has 0 amide bonds. The minimum absolute atomic E-state index is 0.0713. The van der Waals surface area contributed by atoms with Crippen molar-refractivity contribution < 1.29 is 0 Å². The summed E-state index contributed by atoms with van der Waals surface area (Å²) in [5.74, 6) is -0.0713. The first-order chi connectivity index (χ1) is 6.58. The fourth-order valence-electron chi connectivity index (χ4n) is 0.812. The Morgan fingerprint density at radius 2 is 2.07 bits per heavy atom. The quantitative estimate of drug-likeness (QED) is 0.375. The van der Waals surface area contributed by atoms with Gasteiger partial charge in [-0.2, -0.15) is 5.10 Å². The van der Waals surface area contributed by atoms with E-state index >= 15 is 0 Å². The van der Waals surface area contributed by atoms with Crippen LogP contribution in [0.15, 0.2) is 28.4 Å². The predicted molar refractivity (Wildman–Crippen MR) is 67.6 cm³/mol. The molecule has 0 aromatic heterocycles. The van der Waals surface area contributed by atoms with Crippen molar-refractivity contribution in [3.63, 3.8) is 0 Å². The Morgan fingerprint density at radius 3 is 2.64 bits per heavy atom. The van der Waals surface area contributed by atoms with Gasteiger partial charge in [0.05, 0.1) is 6.21 Å². The molecule has 6 heteroatoms. The third kappa shape index (κ3) is 3.93. The summed E-state index contributed by atoms with van der Waals surface area (Å²) >= 11 is 8.00. The molecule has 0 atom stereocenters. The molecule has 0 radical (unpaired) electrons.